The Labute approximate surface area is 148 Å². The number of H-pyrrole nitrogens is 1. The Balaban J connectivity index is 1.63. The molecule has 0 saturated carbocycles. The minimum Gasteiger partial charge on any atom is -0.366 e. The number of aromatic amines is 1. The van der Waals surface area contributed by atoms with Crippen LogP contribution in [0.5, 0.6) is 0 Å². The van der Waals surface area contributed by atoms with Crippen molar-refractivity contribution < 1.29 is 4.79 Å². The first-order chi connectivity index (χ1) is 11.6. The zero-order chi connectivity index (χ0) is 16.9. The largest absolute Gasteiger partial charge is 0.366 e. The molecule has 1 aromatic heterocycles. The number of hydrogen-bond donors (Lipinski definition) is 2. The molecule has 0 aliphatic heterocycles. The molecule has 0 aliphatic rings. The Morgan fingerprint density at radius 2 is 2.04 bits per heavy atom. The summed E-state index contributed by atoms with van der Waals surface area (Å²) in [4.78, 5) is 15.9. The van der Waals surface area contributed by atoms with Crippen LogP contribution in [0, 0.1) is 6.42 Å². The zero-order valence-electron chi connectivity index (χ0n) is 12.9. The first kappa shape index (κ1) is 16.4. The van der Waals surface area contributed by atoms with E-state index in [1.54, 1.807) is 6.07 Å². The van der Waals surface area contributed by atoms with Crippen LogP contribution in [0.4, 0.5) is 0 Å². The lowest BCUT2D eigenvalue weighted by atomic mass is 10.0. The highest BCUT2D eigenvalue weighted by Gasteiger charge is 2.09. The molecular formula is C18H16BrN4O. The molecule has 0 bridgehead atoms. The van der Waals surface area contributed by atoms with E-state index in [4.69, 9.17) is 5.73 Å². The maximum atomic E-state index is 11.4. The molecule has 0 saturated heterocycles. The summed E-state index contributed by atoms with van der Waals surface area (Å²) in [5.74, 6) is 0.962. The van der Waals surface area contributed by atoms with Gasteiger partial charge < -0.3 is 5.73 Å². The van der Waals surface area contributed by atoms with Crippen LogP contribution >= 0.6 is 15.9 Å². The summed E-state index contributed by atoms with van der Waals surface area (Å²) in [5, 5.41) is 7.16. The summed E-state index contributed by atoms with van der Waals surface area (Å²) >= 11 is 3.44. The molecule has 3 aromatic rings. The van der Waals surface area contributed by atoms with Crippen molar-refractivity contribution in [2.45, 2.75) is 12.8 Å². The molecular weight excluding hydrogens is 368 g/mol. The number of nitrogens with zero attached hydrogens (tertiary/aromatic N) is 2. The van der Waals surface area contributed by atoms with Crippen molar-refractivity contribution >= 4 is 21.8 Å². The minimum atomic E-state index is -0.401. The molecule has 0 fully saturated rings. The van der Waals surface area contributed by atoms with E-state index in [-0.39, 0.29) is 0 Å². The number of aromatic nitrogens is 3. The van der Waals surface area contributed by atoms with Gasteiger partial charge >= 0.3 is 0 Å². The average molecular weight is 384 g/mol. The van der Waals surface area contributed by atoms with E-state index in [0.29, 0.717) is 23.6 Å². The predicted octanol–water partition coefficient (Wildman–Crippen LogP) is 3.52. The van der Waals surface area contributed by atoms with E-state index in [0.717, 1.165) is 22.0 Å². The summed E-state index contributed by atoms with van der Waals surface area (Å²) in [7, 11) is 0. The Morgan fingerprint density at radius 3 is 2.83 bits per heavy atom. The molecule has 1 radical (unpaired) electrons. The molecule has 2 aromatic carbocycles. The van der Waals surface area contributed by atoms with E-state index in [1.807, 2.05) is 48.9 Å². The molecule has 0 atom stereocenters. The van der Waals surface area contributed by atoms with Crippen LogP contribution in [0.1, 0.15) is 28.2 Å². The van der Waals surface area contributed by atoms with Crippen molar-refractivity contribution in [1.82, 2.24) is 15.2 Å². The Hall–Kier alpha value is -2.47. The molecule has 0 spiro atoms. The van der Waals surface area contributed by atoms with Crippen LogP contribution < -0.4 is 5.73 Å². The third-order valence-corrected chi connectivity index (χ3v) is 4.11. The number of nitrogens with one attached hydrogen (secondary N) is 1. The topological polar surface area (TPSA) is 84.7 Å². The van der Waals surface area contributed by atoms with E-state index in [2.05, 4.69) is 31.1 Å². The van der Waals surface area contributed by atoms with E-state index >= 15 is 0 Å². The van der Waals surface area contributed by atoms with E-state index in [1.165, 1.54) is 0 Å². The van der Waals surface area contributed by atoms with Gasteiger partial charge in [0.2, 0.25) is 5.91 Å². The lowest BCUT2D eigenvalue weighted by Crippen LogP contribution is -2.13. The fourth-order valence-corrected chi connectivity index (χ4v) is 2.86. The molecule has 5 nitrogen and oxygen atoms in total. The number of halogens is 1. The third-order valence-electron chi connectivity index (χ3n) is 3.62. The second-order valence-electron chi connectivity index (χ2n) is 5.32. The molecule has 3 rings (SSSR count). The third kappa shape index (κ3) is 3.89. The van der Waals surface area contributed by atoms with Crippen molar-refractivity contribution in [3.05, 3.63) is 76.4 Å². The van der Waals surface area contributed by atoms with Gasteiger partial charge in [-0.1, -0.05) is 46.3 Å². The highest BCUT2D eigenvalue weighted by molar-refractivity contribution is 9.10. The van der Waals surface area contributed by atoms with Gasteiger partial charge in [-0.05, 0) is 36.6 Å². The monoisotopic (exact) mass is 383 g/mol. The zero-order valence-corrected chi connectivity index (χ0v) is 14.5. The average Bonchev–Trinajstić information content (AvgIpc) is 3.04. The van der Waals surface area contributed by atoms with Gasteiger partial charge in [-0.2, -0.15) is 5.10 Å². The Kier molecular flexibility index (Phi) is 5.05. The number of nitrogens with two attached hydrogens (primary N) is 1. The SMILES string of the molecule is NC(=O)c1ccccc1CC[CH]c1nc(-c2cccc(Br)c2)n[nH]1. The smallest absolute Gasteiger partial charge is 0.248 e. The normalized spacial score (nSPS) is 10.7. The van der Waals surface area contributed by atoms with Gasteiger partial charge in [-0.3, -0.25) is 9.89 Å². The number of carbonyl (C=O) groups is 1. The number of primary amides is 1. The number of amides is 1. The molecule has 121 valence electrons. The maximum absolute atomic E-state index is 11.4. The van der Waals surface area contributed by atoms with Gasteiger partial charge in [-0.15, -0.1) is 0 Å². The van der Waals surface area contributed by atoms with Crippen LogP contribution in [0.15, 0.2) is 53.0 Å². The predicted molar refractivity (Wildman–Crippen MR) is 96.2 cm³/mol. The second kappa shape index (κ2) is 7.40. The maximum Gasteiger partial charge on any atom is 0.248 e. The van der Waals surface area contributed by atoms with Gasteiger partial charge in [0.1, 0.15) is 5.82 Å². The second-order valence-corrected chi connectivity index (χ2v) is 6.23. The highest BCUT2D eigenvalue weighted by atomic mass is 79.9. The summed E-state index contributed by atoms with van der Waals surface area (Å²) in [5.41, 5.74) is 7.85. The van der Waals surface area contributed by atoms with Crippen molar-refractivity contribution in [3.8, 4) is 11.4 Å². The van der Waals surface area contributed by atoms with Crippen molar-refractivity contribution in [3.63, 3.8) is 0 Å². The minimum absolute atomic E-state index is 0.401. The summed E-state index contributed by atoms with van der Waals surface area (Å²) < 4.78 is 0.985. The lowest BCUT2D eigenvalue weighted by Gasteiger charge is -2.05. The van der Waals surface area contributed by atoms with Crippen LogP contribution in [0.25, 0.3) is 11.4 Å². The number of hydrogen-bond acceptors (Lipinski definition) is 3. The standard InChI is InChI=1S/C18H16BrN4O/c19-14-8-3-7-13(11-14)18-21-16(22-23-18)10-4-6-12-5-1-2-9-15(12)17(20)24/h1-3,5,7-11H,4,6H2,(H2,20,24)(H,21,22,23). The Bertz CT molecular complexity index is 859. The first-order valence-electron chi connectivity index (χ1n) is 7.53. The van der Waals surface area contributed by atoms with E-state index in [9.17, 15) is 4.79 Å². The highest BCUT2D eigenvalue weighted by Crippen LogP contribution is 2.20. The molecule has 1 amide bonds. The lowest BCUT2D eigenvalue weighted by molar-refractivity contribution is 0.0999. The fraction of sp³-hybridized carbons (Fsp3) is 0.111. The van der Waals surface area contributed by atoms with E-state index < -0.39 is 5.91 Å². The van der Waals surface area contributed by atoms with Crippen LogP contribution in [0.3, 0.4) is 0 Å². The summed E-state index contributed by atoms with van der Waals surface area (Å²) in [6, 6.07) is 15.2. The van der Waals surface area contributed by atoms with Crippen LogP contribution in [0.2, 0.25) is 0 Å². The van der Waals surface area contributed by atoms with Gasteiger partial charge in [0, 0.05) is 22.0 Å². The van der Waals surface area contributed by atoms with Crippen LogP contribution in [-0.4, -0.2) is 21.1 Å². The molecule has 3 N–H and O–H groups in total. The van der Waals surface area contributed by atoms with Gasteiger partial charge in [0.15, 0.2) is 5.82 Å². The quantitative estimate of drug-likeness (QED) is 0.682. The van der Waals surface area contributed by atoms with Crippen LogP contribution in [-0.2, 0) is 6.42 Å². The number of aryl methyl sites for hydroxylation is 1. The van der Waals surface area contributed by atoms with Gasteiger partial charge in [-0.25, -0.2) is 4.98 Å². The number of carbonyl (C=O) groups excluding carboxylic acids is 1. The fourth-order valence-electron chi connectivity index (χ4n) is 2.47. The van der Waals surface area contributed by atoms with Gasteiger partial charge in [0.25, 0.3) is 0 Å². The van der Waals surface area contributed by atoms with Gasteiger partial charge in [0.05, 0.1) is 0 Å². The Morgan fingerprint density at radius 1 is 1.21 bits per heavy atom. The molecule has 1 heterocycles. The molecule has 0 aliphatic carbocycles. The number of benzene rings is 2. The molecule has 6 heteroatoms. The van der Waals surface area contributed by atoms with Crippen molar-refractivity contribution in [1.29, 1.82) is 0 Å². The van der Waals surface area contributed by atoms with Crippen molar-refractivity contribution in [2.24, 2.45) is 5.73 Å². The summed E-state index contributed by atoms with van der Waals surface area (Å²) in [6.07, 6.45) is 3.41. The van der Waals surface area contributed by atoms with Crippen molar-refractivity contribution in [2.75, 3.05) is 0 Å². The first-order valence-corrected chi connectivity index (χ1v) is 8.32. The number of rotatable bonds is 6. The molecule has 0 unspecified atom stereocenters. The summed E-state index contributed by atoms with van der Waals surface area (Å²) in [6.45, 7) is 0. The molecule has 24 heavy (non-hydrogen) atoms.